The summed E-state index contributed by atoms with van der Waals surface area (Å²) in [6, 6.07) is 12.3. The lowest BCUT2D eigenvalue weighted by Gasteiger charge is -2.13. The van der Waals surface area contributed by atoms with Gasteiger partial charge < -0.3 is 5.32 Å². The van der Waals surface area contributed by atoms with Gasteiger partial charge in [0.2, 0.25) is 0 Å². The maximum Gasteiger partial charge on any atom is 0.256 e. The van der Waals surface area contributed by atoms with E-state index in [2.05, 4.69) is 10.3 Å². The van der Waals surface area contributed by atoms with Gasteiger partial charge in [-0.15, -0.1) is 0 Å². The molecule has 0 aliphatic heterocycles. The first-order valence-corrected chi connectivity index (χ1v) is 8.11. The molecule has 0 saturated heterocycles. The standard InChI is InChI=1S/C20H17FN2O/c1-12-9-10-15(21)18(11-12)23-20(24)19-13-5-2-3-7-16(13)22-17-8-4-6-14(17)19/h2-3,5,7,9-11H,4,6,8H2,1H3,(H,23,24). The van der Waals surface area contributed by atoms with Crippen molar-refractivity contribution in [2.45, 2.75) is 26.2 Å². The lowest BCUT2D eigenvalue weighted by molar-refractivity contribution is 0.102. The van der Waals surface area contributed by atoms with Crippen LogP contribution in [-0.4, -0.2) is 10.9 Å². The molecule has 0 saturated carbocycles. The number of carbonyl (C=O) groups excluding carboxylic acids is 1. The van der Waals surface area contributed by atoms with E-state index in [1.54, 1.807) is 12.1 Å². The predicted molar refractivity (Wildman–Crippen MR) is 92.9 cm³/mol. The Balaban J connectivity index is 1.84. The van der Waals surface area contributed by atoms with Crippen molar-refractivity contribution >= 4 is 22.5 Å². The summed E-state index contributed by atoms with van der Waals surface area (Å²) in [5, 5.41) is 3.57. The zero-order valence-electron chi connectivity index (χ0n) is 13.4. The number of nitrogens with zero attached hydrogens (tertiary/aromatic N) is 1. The number of fused-ring (bicyclic) bond motifs is 2. The van der Waals surface area contributed by atoms with Crippen LogP contribution in [0.3, 0.4) is 0 Å². The van der Waals surface area contributed by atoms with E-state index >= 15 is 0 Å². The molecule has 0 atom stereocenters. The zero-order chi connectivity index (χ0) is 16.7. The van der Waals surface area contributed by atoms with Gasteiger partial charge in [-0.1, -0.05) is 24.3 Å². The Bertz CT molecular complexity index is 965. The fraction of sp³-hybridized carbons (Fsp3) is 0.200. The van der Waals surface area contributed by atoms with Gasteiger partial charge in [-0.25, -0.2) is 4.39 Å². The van der Waals surface area contributed by atoms with Gasteiger partial charge in [-0.3, -0.25) is 9.78 Å². The summed E-state index contributed by atoms with van der Waals surface area (Å²) < 4.78 is 14.0. The van der Waals surface area contributed by atoms with Crippen molar-refractivity contribution in [3.63, 3.8) is 0 Å². The molecular weight excluding hydrogens is 303 g/mol. The van der Waals surface area contributed by atoms with Gasteiger partial charge in [0, 0.05) is 11.1 Å². The number of nitrogens with one attached hydrogen (secondary N) is 1. The highest BCUT2D eigenvalue weighted by Gasteiger charge is 2.24. The van der Waals surface area contributed by atoms with E-state index < -0.39 is 5.82 Å². The third-order valence-corrected chi connectivity index (χ3v) is 4.52. The number of halogens is 1. The van der Waals surface area contributed by atoms with Crippen LogP contribution in [0.15, 0.2) is 42.5 Å². The summed E-state index contributed by atoms with van der Waals surface area (Å²) in [6.07, 6.45) is 2.73. The van der Waals surface area contributed by atoms with E-state index in [1.807, 2.05) is 31.2 Å². The molecule has 0 radical (unpaired) electrons. The van der Waals surface area contributed by atoms with Crippen molar-refractivity contribution in [2.24, 2.45) is 0 Å². The van der Waals surface area contributed by atoms with Gasteiger partial charge >= 0.3 is 0 Å². The molecule has 0 unspecified atom stereocenters. The molecule has 4 rings (SSSR count). The molecule has 1 N–H and O–H groups in total. The number of benzene rings is 2. The number of anilines is 1. The van der Waals surface area contributed by atoms with Crippen LogP contribution in [0, 0.1) is 12.7 Å². The van der Waals surface area contributed by atoms with Crippen LogP contribution in [0.25, 0.3) is 10.9 Å². The van der Waals surface area contributed by atoms with E-state index in [0.29, 0.717) is 5.56 Å². The first-order chi connectivity index (χ1) is 11.6. The fourth-order valence-corrected chi connectivity index (χ4v) is 3.39. The van der Waals surface area contributed by atoms with Crippen LogP contribution >= 0.6 is 0 Å². The second-order valence-electron chi connectivity index (χ2n) is 6.22. The molecule has 120 valence electrons. The maximum absolute atomic E-state index is 14.0. The molecule has 1 aliphatic carbocycles. The minimum Gasteiger partial charge on any atom is -0.319 e. The summed E-state index contributed by atoms with van der Waals surface area (Å²) >= 11 is 0. The van der Waals surface area contributed by atoms with Gasteiger partial charge in [-0.05, 0) is 55.5 Å². The Kier molecular flexibility index (Phi) is 3.53. The van der Waals surface area contributed by atoms with Crippen molar-refractivity contribution in [3.8, 4) is 0 Å². The first kappa shape index (κ1) is 14.8. The highest BCUT2D eigenvalue weighted by molar-refractivity contribution is 6.13. The average molecular weight is 320 g/mol. The zero-order valence-corrected chi connectivity index (χ0v) is 13.4. The van der Waals surface area contributed by atoms with E-state index in [0.717, 1.165) is 47.0 Å². The molecule has 0 spiro atoms. The third kappa shape index (κ3) is 2.44. The van der Waals surface area contributed by atoms with E-state index in [9.17, 15) is 9.18 Å². The third-order valence-electron chi connectivity index (χ3n) is 4.52. The van der Waals surface area contributed by atoms with E-state index in [-0.39, 0.29) is 11.6 Å². The largest absolute Gasteiger partial charge is 0.319 e. The Morgan fingerprint density at radius 1 is 1.17 bits per heavy atom. The van der Waals surface area contributed by atoms with Crippen molar-refractivity contribution < 1.29 is 9.18 Å². The summed E-state index contributed by atoms with van der Waals surface area (Å²) in [5.74, 6) is -0.694. The Morgan fingerprint density at radius 3 is 2.88 bits per heavy atom. The normalized spacial score (nSPS) is 13.1. The predicted octanol–water partition coefficient (Wildman–Crippen LogP) is 4.42. The second-order valence-corrected chi connectivity index (χ2v) is 6.22. The molecule has 4 heteroatoms. The van der Waals surface area contributed by atoms with Gasteiger partial charge in [0.15, 0.2) is 0 Å². The molecule has 1 aromatic heterocycles. The van der Waals surface area contributed by atoms with Crippen molar-refractivity contribution in [1.82, 2.24) is 4.98 Å². The van der Waals surface area contributed by atoms with Crippen molar-refractivity contribution in [3.05, 3.63) is 70.7 Å². The Hall–Kier alpha value is -2.75. The highest BCUT2D eigenvalue weighted by Crippen LogP contribution is 2.30. The number of rotatable bonds is 2. The van der Waals surface area contributed by atoms with Crippen LogP contribution < -0.4 is 5.32 Å². The first-order valence-electron chi connectivity index (χ1n) is 8.11. The summed E-state index contributed by atoms with van der Waals surface area (Å²) in [4.78, 5) is 17.6. The molecule has 0 fully saturated rings. The Morgan fingerprint density at radius 2 is 2.00 bits per heavy atom. The quantitative estimate of drug-likeness (QED) is 0.759. The van der Waals surface area contributed by atoms with Crippen molar-refractivity contribution in [1.29, 1.82) is 0 Å². The number of pyridine rings is 1. The van der Waals surface area contributed by atoms with Crippen LogP contribution in [0.5, 0.6) is 0 Å². The number of amides is 1. The molecule has 24 heavy (non-hydrogen) atoms. The average Bonchev–Trinajstić information content (AvgIpc) is 3.03. The monoisotopic (exact) mass is 320 g/mol. The number of aromatic nitrogens is 1. The van der Waals surface area contributed by atoms with Crippen LogP contribution in [-0.2, 0) is 12.8 Å². The number of hydrogen-bond donors (Lipinski definition) is 1. The molecule has 1 amide bonds. The Labute approximate surface area is 139 Å². The molecule has 2 aromatic carbocycles. The molecule has 1 heterocycles. The molecule has 1 aliphatic rings. The molecule has 3 aromatic rings. The lowest BCUT2D eigenvalue weighted by atomic mass is 10.0. The van der Waals surface area contributed by atoms with Crippen LogP contribution in [0.2, 0.25) is 0 Å². The summed E-state index contributed by atoms with van der Waals surface area (Å²) in [7, 11) is 0. The second kappa shape index (κ2) is 5.71. The van der Waals surface area contributed by atoms with Gasteiger partial charge in [-0.2, -0.15) is 0 Å². The highest BCUT2D eigenvalue weighted by atomic mass is 19.1. The number of para-hydroxylation sites is 1. The maximum atomic E-state index is 14.0. The fourth-order valence-electron chi connectivity index (χ4n) is 3.39. The minimum atomic E-state index is -0.427. The smallest absolute Gasteiger partial charge is 0.256 e. The van der Waals surface area contributed by atoms with Crippen LogP contribution in [0.1, 0.15) is 33.6 Å². The lowest BCUT2D eigenvalue weighted by Crippen LogP contribution is -2.16. The van der Waals surface area contributed by atoms with Crippen molar-refractivity contribution in [2.75, 3.05) is 5.32 Å². The minimum absolute atomic E-state index is 0.215. The molecule has 0 bridgehead atoms. The summed E-state index contributed by atoms with van der Waals surface area (Å²) in [5.41, 5.74) is 4.55. The number of carbonyl (C=O) groups is 1. The van der Waals surface area contributed by atoms with E-state index in [1.165, 1.54) is 6.07 Å². The number of aryl methyl sites for hydroxylation is 2. The topological polar surface area (TPSA) is 42.0 Å². The number of hydrogen-bond acceptors (Lipinski definition) is 2. The van der Waals surface area contributed by atoms with Gasteiger partial charge in [0.1, 0.15) is 5.82 Å². The van der Waals surface area contributed by atoms with Crippen LogP contribution in [0.4, 0.5) is 10.1 Å². The van der Waals surface area contributed by atoms with Gasteiger partial charge in [0.05, 0.1) is 16.8 Å². The molecular formula is C20H17FN2O. The van der Waals surface area contributed by atoms with E-state index in [4.69, 9.17) is 0 Å². The van der Waals surface area contributed by atoms with Gasteiger partial charge in [0.25, 0.3) is 5.91 Å². The summed E-state index contributed by atoms with van der Waals surface area (Å²) in [6.45, 7) is 1.87. The molecule has 3 nitrogen and oxygen atoms in total. The SMILES string of the molecule is Cc1ccc(F)c(NC(=O)c2c3c(nc4ccccc24)CCC3)c1.